The monoisotopic (exact) mass is 1030 g/mol. The number of hydrogen-bond acceptors (Lipinski definition) is 13. The van der Waals surface area contributed by atoms with E-state index in [2.05, 4.69) is 72.8 Å². The Morgan fingerprint density at radius 2 is 1.76 bits per heavy atom. The van der Waals surface area contributed by atoms with Crippen LogP contribution in [0.5, 0.6) is 17.2 Å². The maximum Gasteiger partial charge on any atom is 0.293 e. The second-order valence-corrected chi connectivity index (χ2v) is 23.0. The van der Waals surface area contributed by atoms with Crippen LogP contribution in [-0.4, -0.2) is 102 Å². The molecule has 6 aromatic rings. The maximum absolute atomic E-state index is 14.7. The zero-order chi connectivity index (χ0) is 52.1. The van der Waals surface area contributed by atoms with Crippen molar-refractivity contribution in [2.75, 3.05) is 56.6 Å². The lowest BCUT2D eigenvalue weighted by Crippen LogP contribution is -2.68. The molecule has 2 aromatic heterocycles. The van der Waals surface area contributed by atoms with E-state index in [1.54, 1.807) is 25.1 Å². The van der Waals surface area contributed by atoms with Gasteiger partial charge in [-0.15, -0.1) is 0 Å². The van der Waals surface area contributed by atoms with Gasteiger partial charge in [-0.1, -0.05) is 44.2 Å². The molecule has 2 aliphatic heterocycles. The van der Waals surface area contributed by atoms with Gasteiger partial charge in [-0.05, 0) is 116 Å². The summed E-state index contributed by atoms with van der Waals surface area (Å²) in [7, 11) is -3.18. The summed E-state index contributed by atoms with van der Waals surface area (Å²) >= 11 is 0. The molecule has 19 heteroatoms. The van der Waals surface area contributed by atoms with Crippen molar-refractivity contribution < 1.29 is 41.5 Å². The third-order valence-electron chi connectivity index (χ3n) is 15.7. The first-order chi connectivity index (χ1) is 35.4. The molecule has 4 aliphatic rings. The number of anilines is 2. The minimum absolute atomic E-state index is 0.00176. The Labute approximate surface area is 429 Å². The van der Waals surface area contributed by atoms with E-state index in [9.17, 15) is 37.2 Å². The van der Waals surface area contributed by atoms with Gasteiger partial charge in [-0.2, -0.15) is 0 Å². The number of halogens is 2. The molecule has 1 spiro atoms. The first-order valence-electron chi connectivity index (χ1n) is 25.3. The molecule has 1 amide bonds. The normalized spacial score (nSPS) is 21.3. The number of piperazine rings is 1. The molecule has 0 unspecified atom stereocenters. The zero-order valence-corrected chi connectivity index (χ0v) is 42.8. The van der Waals surface area contributed by atoms with Crippen LogP contribution in [0.2, 0.25) is 0 Å². The van der Waals surface area contributed by atoms with E-state index < -0.39 is 42.9 Å². The molecule has 16 nitrogen and oxygen atoms in total. The molecule has 4 fully saturated rings. The van der Waals surface area contributed by atoms with Crippen LogP contribution in [0.15, 0.2) is 102 Å². The number of nitrogens with one attached hydrogen (secondary N) is 3. The van der Waals surface area contributed by atoms with E-state index in [0.717, 1.165) is 75.7 Å². The summed E-state index contributed by atoms with van der Waals surface area (Å²) in [5.41, 5.74) is 3.52. The van der Waals surface area contributed by atoms with E-state index in [1.165, 1.54) is 61.0 Å². The number of fused-ring (bicyclic) bond motifs is 1. The number of nitro groups is 1. The number of H-pyrrole nitrogens is 1. The molecule has 74 heavy (non-hydrogen) atoms. The molecule has 4 N–H and O–H groups in total. The number of benzene rings is 4. The van der Waals surface area contributed by atoms with E-state index in [1.807, 2.05) is 6.07 Å². The highest BCUT2D eigenvalue weighted by molar-refractivity contribution is 7.90. The van der Waals surface area contributed by atoms with Crippen molar-refractivity contribution in [3.63, 3.8) is 0 Å². The number of methoxy groups -OCH3 is 1. The van der Waals surface area contributed by atoms with Gasteiger partial charge < -0.3 is 29.8 Å². The molecule has 10 rings (SSSR count). The van der Waals surface area contributed by atoms with Crippen molar-refractivity contribution in [1.29, 1.82) is 0 Å². The van der Waals surface area contributed by atoms with Gasteiger partial charge in [0.2, 0.25) is 0 Å². The molecule has 0 bridgehead atoms. The van der Waals surface area contributed by atoms with Gasteiger partial charge in [0, 0.05) is 87.3 Å². The zero-order valence-electron chi connectivity index (χ0n) is 41.9. The van der Waals surface area contributed by atoms with E-state index >= 15 is 0 Å². The minimum Gasteiger partial charge on any atom is -0.494 e. The summed E-state index contributed by atoms with van der Waals surface area (Å²) in [6, 6.07) is 24.0. The van der Waals surface area contributed by atoms with Gasteiger partial charge >= 0.3 is 0 Å². The van der Waals surface area contributed by atoms with E-state index in [0.29, 0.717) is 43.5 Å². The summed E-state index contributed by atoms with van der Waals surface area (Å²) in [6.45, 7) is 11.4. The van der Waals surface area contributed by atoms with Crippen molar-refractivity contribution >= 4 is 44.0 Å². The van der Waals surface area contributed by atoms with Gasteiger partial charge in [-0.3, -0.25) is 24.7 Å². The lowest BCUT2D eigenvalue weighted by Gasteiger charge is -2.63. The molecule has 2 saturated carbocycles. The summed E-state index contributed by atoms with van der Waals surface area (Å²) in [4.78, 5) is 39.5. The third-order valence-corrected chi connectivity index (χ3v) is 17.0. The molecule has 4 aromatic carbocycles. The van der Waals surface area contributed by atoms with Gasteiger partial charge in [0.15, 0.2) is 11.6 Å². The van der Waals surface area contributed by atoms with Crippen LogP contribution in [0.25, 0.3) is 11.0 Å². The van der Waals surface area contributed by atoms with Gasteiger partial charge in [0.25, 0.3) is 21.6 Å². The molecule has 1 atom stereocenters. The lowest BCUT2D eigenvalue weighted by molar-refractivity contribution is -0.384. The fourth-order valence-electron chi connectivity index (χ4n) is 11.6. The number of hydrogen-bond donors (Lipinski definition) is 4. The Hall–Kier alpha value is -6.67. The van der Waals surface area contributed by atoms with Crippen LogP contribution in [0.4, 0.5) is 25.8 Å². The smallest absolute Gasteiger partial charge is 0.293 e. The maximum atomic E-state index is 14.7. The fourth-order valence-corrected chi connectivity index (χ4v) is 12.6. The number of aromatic amines is 1. The number of sulfonamides is 1. The topological polar surface area (TPSA) is 195 Å². The molecular formula is C55H62F2N8O8S. The first kappa shape index (κ1) is 50.8. The number of pyridine rings is 1. The highest BCUT2D eigenvalue weighted by Gasteiger charge is 2.55. The summed E-state index contributed by atoms with van der Waals surface area (Å²) < 4.78 is 70.3. The Morgan fingerprint density at radius 1 is 0.986 bits per heavy atom. The number of aromatic nitrogens is 2. The molecular weight excluding hydrogens is 971 g/mol. The number of rotatable bonds is 16. The average molecular weight is 1030 g/mol. The SMILES string of the molecule is COc1cc(CN2CCN(C3CC4(C3)CN(c3ccc(C(=O)NS(=O)(=O)c5ccc(NCC6CCC(C)(O)CC6)c([N+](=O)[O-])c5)c(Oc5cnc6[nH]cc(F)c6c5)c3)C4)[C@H](c3ccccc3C(C)C)C2)ccc1F. The van der Waals surface area contributed by atoms with Crippen molar-refractivity contribution in [2.45, 2.75) is 94.3 Å². The van der Waals surface area contributed by atoms with Gasteiger partial charge in [0.1, 0.15) is 28.7 Å². The number of nitrogens with zero attached hydrogens (tertiary/aromatic N) is 5. The first-order valence-corrected chi connectivity index (χ1v) is 26.8. The van der Waals surface area contributed by atoms with Crippen LogP contribution in [0.1, 0.15) is 98.3 Å². The molecule has 4 heterocycles. The van der Waals surface area contributed by atoms with Crippen LogP contribution in [0, 0.1) is 33.1 Å². The second kappa shape index (κ2) is 20.2. The number of aliphatic hydroxyl groups is 1. The summed E-state index contributed by atoms with van der Waals surface area (Å²) in [5, 5.41) is 25.8. The van der Waals surface area contributed by atoms with Crippen LogP contribution >= 0.6 is 0 Å². The molecule has 390 valence electrons. The third kappa shape index (κ3) is 10.5. The number of amides is 1. The van der Waals surface area contributed by atoms with Crippen molar-refractivity contribution in [3.8, 4) is 17.2 Å². The van der Waals surface area contributed by atoms with Crippen LogP contribution in [-0.2, 0) is 16.6 Å². The largest absolute Gasteiger partial charge is 0.494 e. The Balaban J connectivity index is 0.849. The molecule has 2 aliphatic carbocycles. The quantitative estimate of drug-likeness (QED) is 0.0529. The predicted octanol–water partition coefficient (Wildman–Crippen LogP) is 9.67. The number of ether oxygens (including phenoxy) is 2. The Kier molecular flexibility index (Phi) is 13.9. The highest BCUT2D eigenvalue weighted by atomic mass is 32.2. The highest BCUT2D eigenvalue weighted by Crippen LogP contribution is 2.54. The standard InChI is InChI=1S/C55H62F2N8O8S/c1-34(2)41-7-5-6-8-42(41)49-31-62(30-36-9-13-45(56)51(21-36)72-4)19-20-64(49)38-25-55(26-38)32-63(33-55)37-10-12-43(50(22-37)73-39-23-44-46(57)29-60-52(44)59-28-39)53(66)61-74(70,71)40-11-14-47(48(24-40)65(68)69)58-27-35-15-17-54(3,67)18-16-35/h5-14,21-24,28-29,34-35,38,49,58,67H,15-20,25-27,30-33H2,1-4H3,(H,59,60)(H,61,66)/t35?,49-,54?/m0/s1. The number of carbonyl (C=O) groups is 1. The average Bonchev–Trinajstić information content (AvgIpc) is 3.74. The van der Waals surface area contributed by atoms with Crippen LogP contribution < -0.4 is 24.4 Å². The molecule has 0 radical (unpaired) electrons. The Bertz CT molecular complexity index is 3200. The summed E-state index contributed by atoms with van der Waals surface area (Å²) in [5.74, 6) is -1.12. The number of nitro benzene ring substituents is 1. The van der Waals surface area contributed by atoms with Crippen molar-refractivity contribution in [1.82, 2.24) is 24.5 Å². The van der Waals surface area contributed by atoms with Gasteiger partial charge in [-0.25, -0.2) is 26.9 Å². The molecule has 2 saturated heterocycles. The minimum atomic E-state index is -4.66. The fraction of sp³-hybridized carbons (Fsp3) is 0.418. The second-order valence-electron chi connectivity index (χ2n) is 21.3. The van der Waals surface area contributed by atoms with Gasteiger partial charge in [0.05, 0.1) is 39.7 Å². The lowest BCUT2D eigenvalue weighted by atomic mass is 9.59. The summed E-state index contributed by atoms with van der Waals surface area (Å²) in [6.07, 6.45) is 7.23. The van der Waals surface area contributed by atoms with E-state index in [4.69, 9.17) is 9.47 Å². The van der Waals surface area contributed by atoms with E-state index in [-0.39, 0.29) is 57.1 Å². The van der Waals surface area contributed by atoms with Crippen LogP contribution in [0.3, 0.4) is 0 Å². The van der Waals surface area contributed by atoms with Crippen molar-refractivity contribution in [3.05, 3.63) is 141 Å². The Morgan fingerprint density at radius 3 is 2.50 bits per heavy atom. The van der Waals surface area contributed by atoms with Crippen molar-refractivity contribution in [2.24, 2.45) is 11.3 Å². The number of carbonyl (C=O) groups excluding carboxylic acids is 1. The predicted molar refractivity (Wildman–Crippen MR) is 277 cm³/mol.